The molecule has 0 fully saturated rings. The minimum Gasteiger partial charge on any atom is -0.378 e. The molecule has 0 spiro atoms. The van der Waals surface area contributed by atoms with Gasteiger partial charge in [-0.2, -0.15) is 5.26 Å². The van der Waals surface area contributed by atoms with Gasteiger partial charge in [0, 0.05) is 19.8 Å². The van der Waals surface area contributed by atoms with Crippen molar-refractivity contribution in [2.45, 2.75) is 0 Å². The van der Waals surface area contributed by atoms with E-state index in [1.807, 2.05) is 50.5 Å². The standard InChI is InChI=1S/C18H15N3S/c1-21(2)15-8-9-16-17(11-15)22-18(20-16)10-7-13-3-5-14(12-19)6-4-13/h3-11H,1-2H3/b10-7+. The second-order valence-corrected chi connectivity index (χ2v) is 6.23. The fourth-order valence-electron chi connectivity index (χ4n) is 2.12. The zero-order valence-electron chi connectivity index (χ0n) is 12.4. The Labute approximate surface area is 133 Å². The van der Waals surface area contributed by atoms with Crippen molar-refractivity contribution in [2.24, 2.45) is 0 Å². The second kappa shape index (κ2) is 6.00. The van der Waals surface area contributed by atoms with Crippen molar-refractivity contribution in [3.05, 3.63) is 58.6 Å². The molecule has 0 saturated heterocycles. The number of anilines is 1. The number of aromatic nitrogens is 1. The predicted octanol–water partition coefficient (Wildman–Crippen LogP) is 4.40. The smallest absolute Gasteiger partial charge is 0.117 e. The molecule has 0 aliphatic carbocycles. The van der Waals surface area contributed by atoms with Crippen LogP contribution in [0.25, 0.3) is 22.4 Å². The Morgan fingerprint density at radius 3 is 2.55 bits per heavy atom. The van der Waals surface area contributed by atoms with E-state index in [9.17, 15) is 0 Å². The first-order chi connectivity index (χ1) is 10.7. The molecule has 0 aliphatic rings. The normalized spacial score (nSPS) is 11.0. The van der Waals surface area contributed by atoms with Gasteiger partial charge in [-0.1, -0.05) is 18.2 Å². The molecule has 0 amide bonds. The maximum Gasteiger partial charge on any atom is 0.117 e. The molecule has 0 unspecified atom stereocenters. The van der Waals surface area contributed by atoms with Crippen LogP contribution in [0.1, 0.15) is 16.1 Å². The van der Waals surface area contributed by atoms with E-state index in [2.05, 4.69) is 34.2 Å². The third-order valence-electron chi connectivity index (χ3n) is 3.36. The van der Waals surface area contributed by atoms with Gasteiger partial charge in [0.15, 0.2) is 0 Å². The number of fused-ring (bicyclic) bond motifs is 1. The number of hydrogen-bond acceptors (Lipinski definition) is 4. The summed E-state index contributed by atoms with van der Waals surface area (Å²) in [6, 6.07) is 15.9. The number of nitrogens with zero attached hydrogens (tertiary/aromatic N) is 3. The molecule has 108 valence electrons. The molecule has 0 saturated carbocycles. The van der Waals surface area contributed by atoms with Crippen LogP contribution >= 0.6 is 11.3 Å². The largest absolute Gasteiger partial charge is 0.378 e. The second-order valence-electron chi connectivity index (χ2n) is 5.17. The lowest BCUT2D eigenvalue weighted by Crippen LogP contribution is -2.07. The van der Waals surface area contributed by atoms with Gasteiger partial charge in [0.25, 0.3) is 0 Å². The van der Waals surface area contributed by atoms with E-state index in [1.165, 1.54) is 10.4 Å². The average molecular weight is 305 g/mol. The highest BCUT2D eigenvalue weighted by molar-refractivity contribution is 7.19. The van der Waals surface area contributed by atoms with Crippen LogP contribution in [0, 0.1) is 11.3 Å². The first kappa shape index (κ1) is 14.3. The van der Waals surface area contributed by atoms with E-state index in [1.54, 1.807) is 11.3 Å². The molecule has 0 radical (unpaired) electrons. The minimum atomic E-state index is 0.674. The lowest BCUT2D eigenvalue weighted by molar-refractivity contribution is 1.14. The third kappa shape index (κ3) is 3.00. The number of thiazole rings is 1. The summed E-state index contributed by atoms with van der Waals surface area (Å²) in [7, 11) is 4.07. The van der Waals surface area contributed by atoms with E-state index >= 15 is 0 Å². The summed E-state index contributed by atoms with van der Waals surface area (Å²) in [5, 5.41) is 9.78. The third-order valence-corrected chi connectivity index (χ3v) is 4.35. The molecule has 0 aliphatic heterocycles. The Balaban J connectivity index is 1.86. The van der Waals surface area contributed by atoms with Crippen LogP contribution in [0.5, 0.6) is 0 Å². The van der Waals surface area contributed by atoms with Crippen molar-refractivity contribution in [3.8, 4) is 6.07 Å². The lowest BCUT2D eigenvalue weighted by atomic mass is 10.1. The predicted molar refractivity (Wildman–Crippen MR) is 94.0 cm³/mol. The highest BCUT2D eigenvalue weighted by atomic mass is 32.1. The summed E-state index contributed by atoms with van der Waals surface area (Å²) in [6.07, 6.45) is 4.03. The van der Waals surface area contributed by atoms with Crippen molar-refractivity contribution in [1.82, 2.24) is 4.98 Å². The van der Waals surface area contributed by atoms with Crippen molar-refractivity contribution >= 4 is 39.4 Å². The van der Waals surface area contributed by atoms with E-state index in [4.69, 9.17) is 5.26 Å². The Morgan fingerprint density at radius 2 is 1.86 bits per heavy atom. The summed E-state index contributed by atoms with van der Waals surface area (Å²) >= 11 is 1.68. The Morgan fingerprint density at radius 1 is 1.09 bits per heavy atom. The molecular formula is C18H15N3S. The van der Waals surface area contributed by atoms with E-state index < -0.39 is 0 Å². The summed E-state index contributed by atoms with van der Waals surface area (Å²) in [4.78, 5) is 6.71. The maximum atomic E-state index is 8.80. The van der Waals surface area contributed by atoms with Crippen molar-refractivity contribution < 1.29 is 0 Å². The number of benzene rings is 2. The molecular weight excluding hydrogens is 290 g/mol. The quantitative estimate of drug-likeness (QED) is 0.720. The van der Waals surface area contributed by atoms with Crippen molar-refractivity contribution in [1.29, 1.82) is 5.26 Å². The number of hydrogen-bond donors (Lipinski definition) is 0. The van der Waals surface area contributed by atoms with E-state index in [0.29, 0.717) is 5.56 Å². The van der Waals surface area contributed by atoms with E-state index in [0.717, 1.165) is 16.1 Å². The fourth-order valence-corrected chi connectivity index (χ4v) is 3.02. The average Bonchev–Trinajstić information content (AvgIpc) is 2.95. The van der Waals surface area contributed by atoms with Crippen LogP contribution < -0.4 is 4.90 Å². The highest BCUT2D eigenvalue weighted by Crippen LogP contribution is 2.27. The first-order valence-corrected chi connectivity index (χ1v) is 7.73. The maximum absolute atomic E-state index is 8.80. The highest BCUT2D eigenvalue weighted by Gasteiger charge is 2.03. The van der Waals surface area contributed by atoms with Gasteiger partial charge in [-0.25, -0.2) is 4.98 Å². The van der Waals surface area contributed by atoms with Gasteiger partial charge < -0.3 is 4.90 Å². The SMILES string of the molecule is CN(C)c1ccc2nc(/C=C/c3ccc(C#N)cc3)sc2c1. The Hall–Kier alpha value is -2.64. The van der Waals surface area contributed by atoms with Crippen LogP contribution in [-0.2, 0) is 0 Å². The zero-order chi connectivity index (χ0) is 15.5. The molecule has 3 rings (SSSR count). The monoisotopic (exact) mass is 305 g/mol. The summed E-state index contributed by atoms with van der Waals surface area (Å²) in [6.45, 7) is 0. The molecule has 3 nitrogen and oxygen atoms in total. The molecule has 3 aromatic rings. The van der Waals surface area contributed by atoms with Gasteiger partial charge in [-0.3, -0.25) is 0 Å². The van der Waals surface area contributed by atoms with Gasteiger partial charge in [0.2, 0.25) is 0 Å². The molecule has 4 heteroatoms. The molecule has 1 heterocycles. The summed E-state index contributed by atoms with van der Waals surface area (Å²) in [5.41, 5.74) is 3.94. The van der Waals surface area contributed by atoms with Crippen LogP contribution in [0.4, 0.5) is 5.69 Å². The molecule has 0 N–H and O–H groups in total. The van der Waals surface area contributed by atoms with Crippen LogP contribution in [0.2, 0.25) is 0 Å². The van der Waals surface area contributed by atoms with E-state index in [-0.39, 0.29) is 0 Å². The van der Waals surface area contributed by atoms with Gasteiger partial charge in [0.1, 0.15) is 5.01 Å². The topological polar surface area (TPSA) is 39.9 Å². The van der Waals surface area contributed by atoms with Crippen LogP contribution in [-0.4, -0.2) is 19.1 Å². The molecule has 2 aromatic carbocycles. The molecule has 0 bridgehead atoms. The first-order valence-electron chi connectivity index (χ1n) is 6.92. The number of nitriles is 1. The minimum absolute atomic E-state index is 0.674. The lowest BCUT2D eigenvalue weighted by Gasteiger charge is -2.11. The van der Waals surface area contributed by atoms with Crippen molar-refractivity contribution in [2.75, 3.05) is 19.0 Å². The molecule has 0 atom stereocenters. The van der Waals surface area contributed by atoms with Gasteiger partial charge in [-0.15, -0.1) is 11.3 Å². The van der Waals surface area contributed by atoms with Gasteiger partial charge in [0.05, 0.1) is 21.8 Å². The number of rotatable bonds is 3. The summed E-state index contributed by atoms with van der Waals surface area (Å²) in [5.74, 6) is 0. The van der Waals surface area contributed by atoms with Crippen molar-refractivity contribution in [3.63, 3.8) is 0 Å². The fraction of sp³-hybridized carbons (Fsp3) is 0.111. The van der Waals surface area contributed by atoms with Gasteiger partial charge >= 0.3 is 0 Å². The van der Waals surface area contributed by atoms with Crippen LogP contribution in [0.15, 0.2) is 42.5 Å². The Kier molecular flexibility index (Phi) is 3.90. The molecule has 22 heavy (non-hydrogen) atoms. The van der Waals surface area contributed by atoms with Gasteiger partial charge in [-0.05, 0) is 42.0 Å². The zero-order valence-corrected chi connectivity index (χ0v) is 13.3. The Bertz CT molecular complexity index is 867. The molecule has 1 aromatic heterocycles. The summed E-state index contributed by atoms with van der Waals surface area (Å²) < 4.78 is 1.19. The van der Waals surface area contributed by atoms with Crippen LogP contribution in [0.3, 0.4) is 0 Å².